The second-order valence-corrected chi connectivity index (χ2v) is 3.83. The molecular weight excluding hydrogens is 202 g/mol. The minimum absolute atomic E-state index is 0.485. The van der Waals surface area contributed by atoms with Crippen molar-refractivity contribution in [2.45, 2.75) is 19.0 Å². The smallest absolute Gasteiger partial charge is 0.321 e. The van der Waals surface area contributed by atoms with E-state index in [0.29, 0.717) is 18.0 Å². The SMILES string of the molecule is O=C(O)[C@H]1Cc2cc(Cl)ccc2CN1. The predicted molar refractivity (Wildman–Crippen MR) is 53.4 cm³/mol. The third-order valence-corrected chi connectivity index (χ3v) is 2.66. The van der Waals surface area contributed by atoms with E-state index in [1.54, 1.807) is 0 Å². The van der Waals surface area contributed by atoms with E-state index in [0.717, 1.165) is 11.1 Å². The number of carboxylic acid groups (broad SMARTS) is 1. The number of aliphatic carboxylic acids is 1. The molecule has 4 heteroatoms. The van der Waals surface area contributed by atoms with E-state index in [2.05, 4.69) is 5.32 Å². The van der Waals surface area contributed by atoms with Crippen LogP contribution in [0, 0.1) is 0 Å². The molecule has 0 aliphatic carbocycles. The van der Waals surface area contributed by atoms with E-state index in [4.69, 9.17) is 16.7 Å². The molecule has 1 aliphatic rings. The average molecular weight is 212 g/mol. The number of nitrogens with one attached hydrogen (secondary N) is 1. The fraction of sp³-hybridized carbons (Fsp3) is 0.300. The fourth-order valence-electron chi connectivity index (χ4n) is 1.66. The molecule has 1 atom stereocenters. The van der Waals surface area contributed by atoms with Crippen LogP contribution < -0.4 is 5.32 Å². The number of hydrogen-bond donors (Lipinski definition) is 2. The first-order valence-corrected chi connectivity index (χ1v) is 4.78. The molecule has 2 rings (SSSR count). The van der Waals surface area contributed by atoms with Crippen LogP contribution >= 0.6 is 11.6 Å². The van der Waals surface area contributed by atoms with Crippen LogP contribution in [0.4, 0.5) is 0 Å². The topological polar surface area (TPSA) is 49.3 Å². The molecule has 1 aliphatic heterocycles. The Hall–Kier alpha value is -1.06. The lowest BCUT2D eigenvalue weighted by molar-refractivity contribution is -0.139. The molecule has 0 saturated heterocycles. The highest BCUT2D eigenvalue weighted by atomic mass is 35.5. The van der Waals surface area contributed by atoms with Crippen molar-refractivity contribution in [3.8, 4) is 0 Å². The van der Waals surface area contributed by atoms with Gasteiger partial charge in [0, 0.05) is 11.6 Å². The van der Waals surface area contributed by atoms with Gasteiger partial charge in [-0.3, -0.25) is 4.79 Å². The van der Waals surface area contributed by atoms with Crippen LogP contribution in [0.25, 0.3) is 0 Å². The van der Waals surface area contributed by atoms with E-state index >= 15 is 0 Å². The van der Waals surface area contributed by atoms with E-state index < -0.39 is 12.0 Å². The van der Waals surface area contributed by atoms with Crippen molar-refractivity contribution in [3.63, 3.8) is 0 Å². The molecule has 0 saturated carbocycles. The van der Waals surface area contributed by atoms with Gasteiger partial charge >= 0.3 is 5.97 Å². The molecule has 0 bridgehead atoms. The number of hydrogen-bond acceptors (Lipinski definition) is 2. The van der Waals surface area contributed by atoms with Crippen LogP contribution in [-0.2, 0) is 17.8 Å². The Labute approximate surface area is 86.7 Å². The number of carbonyl (C=O) groups is 1. The molecule has 0 aromatic heterocycles. The molecule has 0 fully saturated rings. The van der Waals surface area contributed by atoms with Gasteiger partial charge in [-0.05, 0) is 29.7 Å². The normalized spacial score (nSPS) is 20.2. The molecule has 2 N–H and O–H groups in total. The maximum Gasteiger partial charge on any atom is 0.321 e. The van der Waals surface area contributed by atoms with Gasteiger partial charge in [0.1, 0.15) is 6.04 Å². The van der Waals surface area contributed by atoms with Crippen LogP contribution in [0.15, 0.2) is 18.2 Å². The van der Waals surface area contributed by atoms with Crippen molar-refractivity contribution in [1.29, 1.82) is 0 Å². The van der Waals surface area contributed by atoms with Gasteiger partial charge in [-0.15, -0.1) is 0 Å². The third kappa shape index (κ3) is 1.74. The summed E-state index contributed by atoms with van der Waals surface area (Å²) < 4.78 is 0. The van der Waals surface area contributed by atoms with Crippen molar-refractivity contribution in [1.82, 2.24) is 5.32 Å². The molecule has 0 amide bonds. The second kappa shape index (κ2) is 3.59. The zero-order chi connectivity index (χ0) is 10.1. The summed E-state index contributed by atoms with van der Waals surface area (Å²) in [5, 5.41) is 12.5. The maximum atomic E-state index is 10.8. The monoisotopic (exact) mass is 211 g/mol. The lowest BCUT2D eigenvalue weighted by Gasteiger charge is -2.23. The fourth-order valence-corrected chi connectivity index (χ4v) is 1.85. The number of carboxylic acids is 1. The highest BCUT2D eigenvalue weighted by Gasteiger charge is 2.23. The summed E-state index contributed by atoms with van der Waals surface area (Å²) in [6.07, 6.45) is 0.505. The summed E-state index contributed by atoms with van der Waals surface area (Å²) in [7, 11) is 0. The molecule has 3 nitrogen and oxygen atoms in total. The molecule has 0 unspecified atom stereocenters. The summed E-state index contributed by atoms with van der Waals surface area (Å²) in [5.74, 6) is -0.810. The van der Waals surface area contributed by atoms with E-state index in [-0.39, 0.29) is 0 Å². The molecule has 1 aromatic rings. The summed E-state index contributed by atoms with van der Waals surface area (Å²) >= 11 is 5.84. The highest BCUT2D eigenvalue weighted by Crippen LogP contribution is 2.20. The van der Waals surface area contributed by atoms with Gasteiger partial charge in [-0.2, -0.15) is 0 Å². The van der Waals surface area contributed by atoms with Gasteiger partial charge in [-0.1, -0.05) is 17.7 Å². The van der Waals surface area contributed by atoms with E-state index in [9.17, 15) is 4.79 Å². The summed E-state index contributed by atoms with van der Waals surface area (Å²) in [5.41, 5.74) is 2.16. The molecule has 0 radical (unpaired) electrons. The first kappa shape index (κ1) is 9.49. The second-order valence-electron chi connectivity index (χ2n) is 3.39. The van der Waals surface area contributed by atoms with Gasteiger partial charge in [-0.25, -0.2) is 0 Å². The van der Waals surface area contributed by atoms with Gasteiger partial charge in [0.05, 0.1) is 0 Å². The largest absolute Gasteiger partial charge is 0.480 e. The van der Waals surface area contributed by atoms with Gasteiger partial charge in [0.15, 0.2) is 0 Å². The van der Waals surface area contributed by atoms with Crippen LogP contribution in [0.3, 0.4) is 0 Å². The van der Waals surface area contributed by atoms with Crippen LogP contribution in [-0.4, -0.2) is 17.1 Å². The predicted octanol–water partition coefficient (Wildman–Crippen LogP) is 1.44. The van der Waals surface area contributed by atoms with Crippen molar-refractivity contribution in [2.75, 3.05) is 0 Å². The Kier molecular flexibility index (Phi) is 2.44. The van der Waals surface area contributed by atoms with E-state index in [1.807, 2.05) is 18.2 Å². The average Bonchev–Trinajstić information content (AvgIpc) is 2.16. The molecule has 1 aromatic carbocycles. The van der Waals surface area contributed by atoms with Crippen LogP contribution in [0.5, 0.6) is 0 Å². The minimum Gasteiger partial charge on any atom is -0.480 e. The maximum absolute atomic E-state index is 10.8. The standard InChI is InChI=1S/C10H10ClNO2/c11-8-2-1-6-5-12-9(10(13)14)4-7(6)3-8/h1-3,9,12H,4-5H2,(H,13,14)/t9-/m1/s1. The van der Waals surface area contributed by atoms with Gasteiger partial charge < -0.3 is 10.4 Å². The highest BCUT2D eigenvalue weighted by molar-refractivity contribution is 6.30. The Bertz CT molecular complexity index is 378. The molecule has 1 heterocycles. The molecular formula is C10H10ClNO2. The summed E-state index contributed by atoms with van der Waals surface area (Å²) in [6, 6.07) is 5.11. The van der Waals surface area contributed by atoms with Crippen molar-refractivity contribution >= 4 is 17.6 Å². The molecule has 0 spiro atoms. The van der Waals surface area contributed by atoms with Crippen LogP contribution in [0.2, 0.25) is 5.02 Å². The first-order valence-electron chi connectivity index (χ1n) is 4.40. The zero-order valence-electron chi connectivity index (χ0n) is 7.46. The summed E-state index contributed by atoms with van der Waals surface area (Å²) in [6.45, 7) is 0.601. The Morgan fingerprint density at radius 1 is 1.50 bits per heavy atom. The minimum atomic E-state index is -0.810. The molecule has 74 valence electrons. The Balaban J connectivity index is 2.29. The lowest BCUT2D eigenvalue weighted by atomic mass is 9.96. The molecule has 14 heavy (non-hydrogen) atoms. The number of rotatable bonds is 1. The third-order valence-electron chi connectivity index (χ3n) is 2.43. The zero-order valence-corrected chi connectivity index (χ0v) is 8.21. The number of halogens is 1. The van der Waals surface area contributed by atoms with Crippen molar-refractivity contribution < 1.29 is 9.90 Å². The van der Waals surface area contributed by atoms with Crippen molar-refractivity contribution in [2.24, 2.45) is 0 Å². The van der Waals surface area contributed by atoms with Crippen LogP contribution in [0.1, 0.15) is 11.1 Å². The van der Waals surface area contributed by atoms with Crippen molar-refractivity contribution in [3.05, 3.63) is 34.3 Å². The lowest BCUT2D eigenvalue weighted by Crippen LogP contribution is -2.41. The number of benzene rings is 1. The number of fused-ring (bicyclic) bond motifs is 1. The summed E-state index contributed by atoms with van der Waals surface area (Å²) in [4.78, 5) is 10.8. The quantitative estimate of drug-likeness (QED) is 0.739. The first-order chi connectivity index (χ1) is 6.66. The Morgan fingerprint density at radius 3 is 3.00 bits per heavy atom. The Morgan fingerprint density at radius 2 is 2.29 bits per heavy atom. The van der Waals surface area contributed by atoms with E-state index in [1.165, 1.54) is 0 Å². The van der Waals surface area contributed by atoms with Gasteiger partial charge in [0.2, 0.25) is 0 Å². The van der Waals surface area contributed by atoms with Gasteiger partial charge in [0.25, 0.3) is 0 Å².